The predicted octanol–water partition coefficient (Wildman–Crippen LogP) is 2.80. The topological polar surface area (TPSA) is 58.2 Å². The molecule has 0 unspecified atom stereocenters. The number of halogens is 5. The number of rotatable bonds is 8. The minimum atomic E-state index is -4.41. The first-order valence-corrected chi connectivity index (χ1v) is 8.84. The summed E-state index contributed by atoms with van der Waals surface area (Å²) in [5.41, 5.74) is 0. The van der Waals surface area contributed by atoms with Crippen LogP contribution in [0.1, 0.15) is 11.8 Å². The average molecular weight is 413 g/mol. The Labute approximate surface area is 132 Å². The van der Waals surface area contributed by atoms with Gasteiger partial charge in [0.05, 0.1) is 10.3 Å². The summed E-state index contributed by atoms with van der Waals surface area (Å²) in [6.07, 6.45) is -3.93. The van der Waals surface area contributed by atoms with Crippen LogP contribution < -0.4 is 10.0 Å². The highest BCUT2D eigenvalue weighted by molar-refractivity contribution is 9.11. The van der Waals surface area contributed by atoms with E-state index in [0.717, 1.165) is 11.3 Å². The number of alkyl halides is 4. The fourth-order valence-corrected chi connectivity index (χ4v) is 4.96. The van der Waals surface area contributed by atoms with Crippen molar-refractivity contribution in [2.24, 2.45) is 0 Å². The summed E-state index contributed by atoms with van der Waals surface area (Å²) < 4.78 is 75.0. The first-order valence-electron chi connectivity index (χ1n) is 5.74. The molecule has 11 heteroatoms. The van der Waals surface area contributed by atoms with Crippen molar-refractivity contribution in [2.45, 2.75) is 30.7 Å². The van der Waals surface area contributed by atoms with Gasteiger partial charge in [-0.15, -0.1) is 11.3 Å². The van der Waals surface area contributed by atoms with Crippen molar-refractivity contribution in [2.75, 3.05) is 13.1 Å². The molecule has 0 radical (unpaired) electrons. The Hall–Kier alpha value is -0.230. The fourth-order valence-electron chi connectivity index (χ4n) is 1.26. The summed E-state index contributed by atoms with van der Waals surface area (Å²) in [6, 6.07) is 1.31. The Morgan fingerprint density at radius 3 is 2.57 bits per heavy atom. The minimum Gasteiger partial charge on any atom is -0.312 e. The van der Waals surface area contributed by atoms with Gasteiger partial charge >= 0.3 is 12.3 Å². The van der Waals surface area contributed by atoms with Crippen molar-refractivity contribution in [3.8, 4) is 0 Å². The van der Waals surface area contributed by atoms with Crippen molar-refractivity contribution in [3.05, 3.63) is 14.7 Å². The lowest BCUT2D eigenvalue weighted by molar-refractivity contribution is -0.122. The van der Waals surface area contributed by atoms with Crippen molar-refractivity contribution in [1.82, 2.24) is 10.0 Å². The van der Waals surface area contributed by atoms with Gasteiger partial charge in [0, 0.05) is 11.4 Å². The van der Waals surface area contributed by atoms with Gasteiger partial charge in [-0.3, -0.25) is 0 Å². The number of sulfonamides is 1. The molecule has 4 nitrogen and oxygen atoms in total. The van der Waals surface area contributed by atoms with Crippen LogP contribution in [0.25, 0.3) is 0 Å². The molecule has 21 heavy (non-hydrogen) atoms. The maximum absolute atomic E-state index is 12.8. The van der Waals surface area contributed by atoms with E-state index in [-0.39, 0.29) is 8.68 Å². The third-order valence-corrected chi connectivity index (χ3v) is 6.02. The Morgan fingerprint density at radius 1 is 1.43 bits per heavy atom. The molecule has 0 aliphatic carbocycles. The van der Waals surface area contributed by atoms with E-state index in [9.17, 15) is 26.0 Å². The number of hydrogen-bond acceptors (Lipinski definition) is 4. The minimum absolute atomic E-state index is 0.225. The van der Waals surface area contributed by atoms with Gasteiger partial charge in [-0.1, -0.05) is 6.92 Å². The largest absolute Gasteiger partial charge is 0.320 e. The number of hydrogen-bond donors (Lipinski definition) is 2. The SMILES string of the molecule is CCNCc1cc(S(=O)(=O)NCC(F)(F)C(F)F)c(Br)s1. The van der Waals surface area contributed by atoms with E-state index in [1.54, 1.807) is 0 Å². The summed E-state index contributed by atoms with van der Waals surface area (Å²) in [4.78, 5) is 0.426. The van der Waals surface area contributed by atoms with Crippen LogP contribution in [0.15, 0.2) is 14.7 Å². The van der Waals surface area contributed by atoms with Crippen LogP contribution in [0, 0.1) is 0 Å². The lowest BCUT2D eigenvalue weighted by Gasteiger charge is -2.15. The molecule has 0 saturated heterocycles. The summed E-state index contributed by atoms with van der Waals surface area (Å²) >= 11 is 4.15. The second-order valence-corrected chi connectivity index (χ2v) is 8.21. The monoisotopic (exact) mass is 412 g/mol. The summed E-state index contributed by atoms with van der Waals surface area (Å²) in [6.45, 7) is 1.31. The normalized spacial score (nSPS) is 13.1. The highest BCUT2D eigenvalue weighted by Crippen LogP contribution is 2.32. The lowest BCUT2D eigenvalue weighted by atomic mass is 10.4. The van der Waals surface area contributed by atoms with E-state index in [0.29, 0.717) is 18.0 Å². The zero-order valence-corrected chi connectivity index (χ0v) is 14.0. The second-order valence-electron chi connectivity index (χ2n) is 4.02. The van der Waals surface area contributed by atoms with Crippen molar-refractivity contribution in [1.29, 1.82) is 0 Å². The van der Waals surface area contributed by atoms with E-state index in [2.05, 4.69) is 21.2 Å². The van der Waals surface area contributed by atoms with Gasteiger partial charge in [-0.25, -0.2) is 21.9 Å². The van der Waals surface area contributed by atoms with Crippen LogP contribution in [-0.4, -0.2) is 33.9 Å². The Bertz CT molecular complexity index is 578. The molecule has 0 amide bonds. The van der Waals surface area contributed by atoms with Crippen LogP contribution in [0.3, 0.4) is 0 Å². The zero-order chi connectivity index (χ0) is 16.3. The van der Waals surface area contributed by atoms with E-state index in [1.807, 2.05) is 6.92 Å². The summed E-state index contributed by atoms with van der Waals surface area (Å²) in [5, 5.41) is 2.98. The van der Waals surface area contributed by atoms with Gasteiger partial charge < -0.3 is 5.32 Å². The third kappa shape index (κ3) is 5.16. The van der Waals surface area contributed by atoms with Gasteiger partial charge in [0.25, 0.3) is 0 Å². The standard InChI is InChI=1S/C10H13BrF4N2O2S2/c1-2-16-4-6-3-7(8(11)20-6)21(18,19)17-5-10(14,15)9(12)13/h3,9,16-17H,2,4-5H2,1H3. The molecular formula is C10H13BrF4N2O2S2. The smallest absolute Gasteiger partial charge is 0.312 e. The van der Waals surface area contributed by atoms with E-state index >= 15 is 0 Å². The highest BCUT2D eigenvalue weighted by Gasteiger charge is 2.41. The highest BCUT2D eigenvalue weighted by atomic mass is 79.9. The van der Waals surface area contributed by atoms with Gasteiger partial charge in [0.15, 0.2) is 0 Å². The molecule has 0 aliphatic rings. The first kappa shape index (κ1) is 18.8. The van der Waals surface area contributed by atoms with Gasteiger partial charge in [0.2, 0.25) is 10.0 Å². The van der Waals surface area contributed by atoms with Crippen molar-refractivity contribution in [3.63, 3.8) is 0 Å². The van der Waals surface area contributed by atoms with Gasteiger partial charge in [-0.05, 0) is 28.5 Å². The third-order valence-electron chi connectivity index (χ3n) is 2.36. The Kier molecular flexibility index (Phi) is 6.59. The van der Waals surface area contributed by atoms with E-state index < -0.39 is 28.9 Å². The molecule has 0 aromatic carbocycles. The molecule has 0 spiro atoms. The van der Waals surface area contributed by atoms with Crippen LogP contribution in [0.2, 0.25) is 0 Å². The fraction of sp³-hybridized carbons (Fsp3) is 0.600. The molecule has 1 rings (SSSR count). The lowest BCUT2D eigenvalue weighted by Crippen LogP contribution is -2.41. The van der Waals surface area contributed by atoms with Crippen molar-refractivity contribution < 1.29 is 26.0 Å². The molecule has 0 atom stereocenters. The van der Waals surface area contributed by atoms with E-state index in [1.165, 1.54) is 10.8 Å². The van der Waals surface area contributed by atoms with Gasteiger partial charge in [0.1, 0.15) is 4.90 Å². The molecule has 122 valence electrons. The molecule has 2 N–H and O–H groups in total. The second kappa shape index (κ2) is 7.36. The van der Waals surface area contributed by atoms with Crippen LogP contribution in [0.5, 0.6) is 0 Å². The van der Waals surface area contributed by atoms with Crippen LogP contribution >= 0.6 is 27.3 Å². The van der Waals surface area contributed by atoms with E-state index in [4.69, 9.17) is 0 Å². The Morgan fingerprint density at radius 2 is 2.05 bits per heavy atom. The summed E-state index contributed by atoms with van der Waals surface area (Å²) in [7, 11) is -4.29. The molecule has 1 aromatic rings. The maximum Gasteiger partial charge on any atom is 0.320 e. The zero-order valence-electron chi connectivity index (χ0n) is 10.8. The maximum atomic E-state index is 12.8. The molecule has 0 saturated carbocycles. The molecule has 0 bridgehead atoms. The quantitative estimate of drug-likeness (QED) is 0.645. The average Bonchev–Trinajstić information content (AvgIpc) is 2.76. The van der Waals surface area contributed by atoms with Gasteiger partial charge in [-0.2, -0.15) is 8.78 Å². The van der Waals surface area contributed by atoms with Crippen molar-refractivity contribution >= 4 is 37.3 Å². The summed E-state index contributed by atoms with van der Waals surface area (Å²) in [5.74, 6) is -4.41. The predicted molar refractivity (Wildman–Crippen MR) is 75.5 cm³/mol. The van der Waals surface area contributed by atoms with Crippen LogP contribution in [-0.2, 0) is 16.6 Å². The van der Waals surface area contributed by atoms with Crippen LogP contribution in [0.4, 0.5) is 17.6 Å². The number of nitrogens with one attached hydrogen (secondary N) is 2. The Balaban J connectivity index is 2.86. The molecule has 1 aromatic heterocycles. The molecule has 0 fully saturated rings. The molecule has 0 aliphatic heterocycles. The molecular weight excluding hydrogens is 400 g/mol. The first-order chi connectivity index (χ1) is 9.60. The molecule has 1 heterocycles. The number of thiophene rings is 1.